The molecule has 1 saturated carbocycles. The number of carboxylic acid groups (broad SMARTS) is 1. The number of hydrogen-bond acceptors (Lipinski definition) is 5. The Labute approximate surface area is 271 Å². The van der Waals surface area contributed by atoms with E-state index < -0.39 is 23.7 Å². The zero-order valence-corrected chi connectivity index (χ0v) is 27.5. The Morgan fingerprint density at radius 1 is 0.889 bits per heavy atom. The minimum atomic E-state index is -1.10. The van der Waals surface area contributed by atoms with Gasteiger partial charge in [-0.2, -0.15) is 11.8 Å². The largest absolute Gasteiger partial charge is 0.480 e. The molecule has 0 saturated heterocycles. The first-order chi connectivity index (χ1) is 21.6. The molecular formula is C37H46N2O5S. The second-order valence-corrected chi connectivity index (χ2v) is 13.9. The van der Waals surface area contributed by atoms with Crippen LogP contribution in [0.4, 0.5) is 10.5 Å². The van der Waals surface area contributed by atoms with Crippen molar-refractivity contribution in [2.24, 2.45) is 5.92 Å². The molecule has 0 bridgehead atoms. The lowest BCUT2D eigenvalue weighted by Crippen LogP contribution is -2.44. The molecule has 1 aliphatic carbocycles. The summed E-state index contributed by atoms with van der Waals surface area (Å²) in [5.74, 6) is 0.497. The number of thioether (sulfide) groups is 1. The normalized spacial score (nSPS) is 14.1. The van der Waals surface area contributed by atoms with Crippen molar-refractivity contribution in [2.75, 3.05) is 10.7 Å². The molecule has 4 rings (SSSR count). The predicted molar refractivity (Wildman–Crippen MR) is 181 cm³/mol. The number of benzene rings is 3. The minimum absolute atomic E-state index is 0.148. The highest BCUT2D eigenvalue weighted by atomic mass is 32.2. The van der Waals surface area contributed by atoms with Crippen LogP contribution in [0.1, 0.15) is 81.5 Å². The summed E-state index contributed by atoms with van der Waals surface area (Å²) < 4.78 is 5.20. The van der Waals surface area contributed by atoms with Crippen LogP contribution in [0.5, 0.6) is 0 Å². The molecule has 8 heteroatoms. The number of amides is 2. The maximum atomic E-state index is 13.6. The molecule has 3 aromatic carbocycles. The molecule has 240 valence electrons. The van der Waals surface area contributed by atoms with Gasteiger partial charge >= 0.3 is 12.1 Å². The van der Waals surface area contributed by atoms with Crippen molar-refractivity contribution in [3.63, 3.8) is 0 Å². The molecule has 0 heterocycles. The molecule has 3 aromatic rings. The van der Waals surface area contributed by atoms with Crippen LogP contribution in [0.2, 0.25) is 0 Å². The number of carbonyl (C=O) groups is 3. The van der Waals surface area contributed by atoms with E-state index in [9.17, 15) is 19.5 Å². The number of alkyl carbamates (subject to hydrolysis) is 1. The van der Waals surface area contributed by atoms with Crippen LogP contribution in [0.25, 0.3) is 0 Å². The summed E-state index contributed by atoms with van der Waals surface area (Å²) in [5.41, 5.74) is 4.72. The van der Waals surface area contributed by atoms with Crippen molar-refractivity contribution in [1.29, 1.82) is 0 Å². The van der Waals surface area contributed by atoms with Gasteiger partial charge in [0.2, 0.25) is 5.91 Å². The first-order valence-electron chi connectivity index (χ1n) is 15.9. The van der Waals surface area contributed by atoms with E-state index in [1.807, 2.05) is 35.2 Å². The topological polar surface area (TPSA) is 95.9 Å². The van der Waals surface area contributed by atoms with Crippen molar-refractivity contribution in [3.8, 4) is 0 Å². The number of hydrogen-bond donors (Lipinski definition) is 2. The number of aliphatic carboxylic acids is 1. The molecule has 0 aromatic heterocycles. The van der Waals surface area contributed by atoms with Gasteiger partial charge in [0.25, 0.3) is 0 Å². The third kappa shape index (κ3) is 11.6. The SMILES string of the molecule is CC(C)(C)OC(=O)N[C@@H](CSCc1ccc(CN(C(=O)CCC2CCCC2)c2ccc(Cc3ccccc3)cc2)cc1)C(=O)O. The van der Waals surface area contributed by atoms with Crippen LogP contribution >= 0.6 is 11.8 Å². The smallest absolute Gasteiger partial charge is 0.408 e. The Hall–Kier alpha value is -3.78. The summed E-state index contributed by atoms with van der Waals surface area (Å²) in [7, 11) is 0. The number of nitrogens with one attached hydrogen (secondary N) is 1. The first kappa shape index (κ1) is 34.1. The highest BCUT2D eigenvalue weighted by Gasteiger charge is 2.24. The van der Waals surface area contributed by atoms with Crippen LogP contribution in [-0.2, 0) is 33.0 Å². The Morgan fingerprint density at radius 3 is 2.11 bits per heavy atom. The van der Waals surface area contributed by atoms with Gasteiger partial charge < -0.3 is 20.1 Å². The molecule has 1 aliphatic rings. The van der Waals surface area contributed by atoms with Gasteiger partial charge in [0.1, 0.15) is 11.6 Å². The molecule has 0 aliphatic heterocycles. The van der Waals surface area contributed by atoms with Crippen LogP contribution in [-0.4, -0.2) is 40.5 Å². The standard InChI is InChI=1S/C37H46N2O5S/c1-37(2,3)44-36(43)38-33(35(41)42)26-45-25-31-15-13-30(14-16-31)24-39(34(40)22-19-27-9-7-8-10-27)32-20-17-29(18-21-32)23-28-11-5-4-6-12-28/h4-6,11-18,20-21,27,33H,7-10,19,22-26H2,1-3H3,(H,38,43)(H,41,42)/t33-/m0/s1. The average Bonchev–Trinajstić information content (AvgIpc) is 3.53. The van der Waals surface area contributed by atoms with Gasteiger partial charge in [-0.1, -0.05) is 92.4 Å². The Balaban J connectivity index is 1.37. The van der Waals surface area contributed by atoms with Crippen LogP contribution < -0.4 is 10.2 Å². The number of carbonyl (C=O) groups excluding carboxylic acids is 2. The number of anilines is 1. The second-order valence-electron chi connectivity index (χ2n) is 12.9. The van der Waals surface area contributed by atoms with Crippen molar-refractivity contribution in [1.82, 2.24) is 5.32 Å². The minimum Gasteiger partial charge on any atom is -0.480 e. The van der Waals surface area contributed by atoms with Gasteiger partial charge in [-0.3, -0.25) is 4.79 Å². The van der Waals surface area contributed by atoms with E-state index in [0.29, 0.717) is 24.6 Å². The fourth-order valence-electron chi connectivity index (χ4n) is 5.55. The molecule has 45 heavy (non-hydrogen) atoms. The fraction of sp³-hybridized carbons (Fsp3) is 0.432. The lowest BCUT2D eigenvalue weighted by molar-refractivity contribution is -0.138. The third-order valence-electron chi connectivity index (χ3n) is 7.95. The summed E-state index contributed by atoms with van der Waals surface area (Å²) in [4.78, 5) is 39.2. The molecule has 0 radical (unpaired) electrons. The highest BCUT2D eigenvalue weighted by Crippen LogP contribution is 2.30. The second kappa shape index (κ2) is 16.5. The zero-order valence-electron chi connectivity index (χ0n) is 26.7. The van der Waals surface area contributed by atoms with Crippen LogP contribution in [0, 0.1) is 5.92 Å². The van der Waals surface area contributed by atoms with E-state index in [1.165, 1.54) is 48.6 Å². The van der Waals surface area contributed by atoms with Crippen molar-refractivity contribution < 1.29 is 24.2 Å². The molecule has 1 atom stereocenters. The number of carboxylic acids is 1. The molecular weight excluding hydrogens is 584 g/mol. The predicted octanol–water partition coefficient (Wildman–Crippen LogP) is 7.99. The monoisotopic (exact) mass is 630 g/mol. The molecule has 0 spiro atoms. The summed E-state index contributed by atoms with van der Waals surface area (Å²) in [6, 6.07) is 25.8. The molecule has 0 unspecified atom stereocenters. The van der Waals surface area contributed by atoms with Gasteiger partial charge in [-0.05, 0) is 73.9 Å². The number of nitrogens with zero attached hydrogens (tertiary/aromatic N) is 1. The summed E-state index contributed by atoms with van der Waals surface area (Å²) in [5, 5.41) is 12.0. The van der Waals surface area contributed by atoms with E-state index in [4.69, 9.17) is 4.74 Å². The molecule has 1 fully saturated rings. The fourth-order valence-corrected chi connectivity index (χ4v) is 6.56. The van der Waals surface area contributed by atoms with Crippen LogP contribution in [0.3, 0.4) is 0 Å². The summed E-state index contributed by atoms with van der Waals surface area (Å²) in [6.45, 7) is 5.68. The Morgan fingerprint density at radius 2 is 1.49 bits per heavy atom. The van der Waals surface area contributed by atoms with Gasteiger partial charge in [-0.25, -0.2) is 9.59 Å². The van der Waals surface area contributed by atoms with Gasteiger partial charge in [0.15, 0.2) is 0 Å². The van der Waals surface area contributed by atoms with E-state index in [0.717, 1.165) is 29.7 Å². The maximum Gasteiger partial charge on any atom is 0.408 e. The zero-order chi connectivity index (χ0) is 32.2. The van der Waals surface area contributed by atoms with Gasteiger partial charge in [-0.15, -0.1) is 0 Å². The van der Waals surface area contributed by atoms with Crippen molar-refractivity contribution in [2.45, 2.75) is 89.7 Å². The maximum absolute atomic E-state index is 13.6. The van der Waals surface area contributed by atoms with Gasteiger partial charge in [0, 0.05) is 23.6 Å². The van der Waals surface area contributed by atoms with Crippen LogP contribution in [0.15, 0.2) is 78.9 Å². The Kier molecular flexibility index (Phi) is 12.5. The van der Waals surface area contributed by atoms with Crippen molar-refractivity contribution in [3.05, 3.63) is 101 Å². The lowest BCUT2D eigenvalue weighted by atomic mass is 10.0. The summed E-state index contributed by atoms with van der Waals surface area (Å²) in [6.07, 6.45) is 6.59. The number of ether oxygens (including phenoxy) is 1. The highest BCUT2D eigenvalue weighted by molar-refractivity contribution is 7.98. The summed E-state index contributed by atoms with van der Waals surface area (Å²) >= 11 is 1.43. The van der Waals surface area contributed by atoms with E-state index in [-0.39, 0.29) is 11.7 Å². The third-order valence-corrected chi connectivity index (χ3v) is 9.05. The lowest BCUT2D eigenvalue weighted by Gasteiger charge is -2.24. The number of rotatable bonds is 14. The van der Waals surface area contributed by atoms with E-state index in [2.05, 4.69) is 53.8 Å². The molecule has 2 amide bonds. The Bertz CT molecular complexity index is 1380. The van der Waals surface area contributed by atoms with E-state index in [1.54, 1.807) is 20.8 Å². The van der Waals surface area contributed by atoms with E-state index >= 15 is 0 Å². The van der Waals surface area contributed by atoms with Gasteiger partial charge in [0.05, 0.1) is 6.54 Å². The van der Waals surface area contributed by atoms with Crippen molar-refractivity contribution >= 4 is 35.4 Å². The molecule has 7 nitrogen and oxygen atoms in total. The average molecular weight is 631 g/mol. The molecule has 2 N–H and O–H groups in total. The quantitative estimate of drug-likeness (QED) is 0.187. The first-order valence-corrected chi connectivity index (χ1v) is 17.0.